The van der Waals surface area contributed by atoms with E-state index in [9.17, 15) is 2.81 Å². The molecule has 0 amide bonds. The molecular weight excluding hydrogens is 331 g/mol. The Morgan fingerprint density at radius 1 is 1.20 bits per heavy atom. The summed E-state index contributed by atoms with van der Waals surface area (Å²) in [5, 5.41) is 0. The predicted molar refractivity (Wildman–Crippen MR) is 24.0 cm³/mol. The van der Waals surface area contributed by atoms with E-state index in [1.54, 1.807) is 0 Å². The van der Waals surface area contributed by atoms with E-state index in [0.29, 0.717) is 0 Å². The third-order valence-corrected chi connectivity index (χ3v) is 0. The van der Waals surface area contributed by atoms with Crippen LogP contribution in [0.5, 0.6) is 0 Å². The van der Waals surface area contributed by atoms with Crippen LogP contribution in [0.2, 0.25) is 0 Å². The molecule has 0 aliphatic carbocycles. The first-order valence-corrected chi connectivity index (χ1v) is 15.0. The normalized spacial score (nSPS) is 11.8. The standard InChI is InChI=1S/Bi.3ClH.O/h;3*1H;/q+3;;;;/p-3. The Labute approximate surface area is 44.7 Å². The Balaban J connectivity index is 3.47. The molecule has 0 unspecified atom stereocenters. The second-order valence-corrected chi connectivity index (χ2v) is 20.6. The molecule has 0 bridgehead atoms. The van der Waals surface area contributed by atoms with Gasteiger partial charge in [-0.3, -0.25) is 0 Å². The van der Waals surface area contributed by atoms with Gasteiger partial charge >= 0.3 is 45.0 Å². The molecular formula is BiCl3O. The molecule has 0 N–H and O–H groups in total. The predicted octanol–water partition coefficient (Wildman–Crippen LogP) is 1.57. The molecule has 32 valence electrons. The summed E-state index contributed by atoms with van der Waals surface area (Å²) in [6, 6.07) is 0. The number of hydrogen-bond acceptors (Lipinski definition) is 1. The van der Waals surface area contributed by atoms with Crippen LogP contribution in [0.4, 0.5) is 0 Å². The molecule has 0 aromatic heterocycles. The summed E-state index contributed by atoms with van der Waals surface area (Å²) in [6.45, 7) is 0. The molecule has 0 radical (unpaired) electrons. The van der Waals surface area contributed by atoms with Crippen LogP contribution in [0.25, 0.3) is 0 Å². The minimum atomic E-state index is -4.06. The molecule has 0 fully saturated rings. The molecule has 0 rings (SSSR count). The Hall–Kier alpha value is 1.55. The van der Waals surface area contributed by atoms with Gasteiger partial charge in [-0.15, -0.1) is 0 Å². The number of halogens is 3. The molecule has 0 spiro atoms. The van der Waals surface area contributed by atoms with E-state index in [1.165, 1.54) is 0 Å². The zero-order valence-corrected chi connectivity index (χ0v) is 7.73. The van der Waals surface area contributed by atoms with Gasteiger partial charge in [-0.2, -0.15) is 0 Å². The molecule has 0 aromatic carbocycles. The van der Waals surface area contributed by atoms with Gasteiger partial charge in [0.1, 0.15) is 0 Å². The summed E-state index contributed by atoms with van der Waals surface area (Å²) in [4.78, 5) is 0. The van der Waals surface area contributed by atoms with Crippen LogP contribution in [0.15, 0.2) is 0 Å². The second kappa shape index (κ2) is 2.02. The Morgan fingerprint density at radius 3 is 1.20 bits per heavy atom. The van der Waals surface area contributed by atoms with E-state index in [4.69, 9.17) is 25.5 Å². The van der Waals surface area contributed by atoms with Crippen LogP contribution in [-0.4, -0.2) is 16.7 Å². The van der Waals surface area contributed by atoms with Crippen LogP contribution in [-0.2, 0) is 2.81 Å². The molecule has 5 heteroatoms. The molecule has 0 aromatic rings. The SMILES string of the molecule is [O]=[Bi]([Cl])([Cl])[Cl]. The van der Waals surface area contributed by atoms with Crippen molar-refractivity contribution < 1.29 is 2.81 Å². The van der Waals surface area contributed by atoms with E-state index in [1.807, 2.05) is 0 Å². The maximum atomic E-state index is 9.62. The molecule has 0 saturated carbocycles. The Morgan fingerprint density at radius 2 is 1.20 bits per heavy atom. The van der Waals surface area contributed by atoms with Gasteiger partial charge in [-0.05, 0) is 0 Å². The van der Waals surface area contributed by atoms with Crippen molar-refractivity contribution in [3.63, 3.8) is 0 Å². The summed E-state index contributed by atoms with van der Waals surface area (Å²) >= 11 is -4.06. The van der Waals surface area contributed by atoms with Gasteiger partial charge in [-0.1, -0.05) is 0 Å². The van der Waals surface area contributed by atoms with Crippen molar-refractivity contribution in [2.45, 2.75) is 0 Å². The zero-order valence-electron chi connectivity index (χ0n) is 1.99. The third kappa shape index (κ3) is 29.1. The number of hydrogen-bond donors (Lipinski definition) is 0. The first kappa shape index (κ1) is 6.55. The molecule has 0 atom stereocenters. The van der Waals surface area contributed by atoms with Gasteiger partial charge in [0, 0.05) is 0 Å². The summed E-state index contributed by atoms with van der Waals surface area (Å²) < 4.78 is 9.62. The summed E-state index contributed by atoms with van der Waals surface area (Å²) in [5.41, 5.74) is 0. The average Bonchev–Trinajstić information content (AvgIpc) is 0.722. The second-order valence-electron chi connectivity index (χ2n) is 0.399. The minimum absolute atomic E-state index is 4.06. The fourth-order valence-corrected chi connectivity index (χ4v) is 0. The Kier molecular flexibility index (Phi) is 2.64. The molecule has 0 heterocycles. The van der Waals surface area contributed by atoms with Crippen molar-refractivity contribution in [1.29, 1.82) is 0 Å². The zero-order chi connectivity index (χ0) is 4.50. The Bertz CT molecular complexity index is 53.0. The summed E-state index contributed by atoms with van der Waals surface area (Å²) in [5.74, 6) is 0. The molecule has 0 aliphatic heterocycles. The summed E-state index contributed by atoms with van der Waals surface area (Å²) in [6.07, 6.45) is 0. The van der Waals surface area contributed by atoms with E-state index >= 15 is 0 Å². The average molecular weight is 331 g/mol. The van der Waals surface area contributed by atoms with Crippen LogP contribution in [0, 0.1) is 0 Å². The fraction of sp³-hybridized carbons (Fsp3) is 0. The maximum absolute atomic E-state index is 9.62. The van der Waals surface area contributed by atoms with Crippen molar-refractivity contribution >= 4 is 42.2 Å². The molecule has 1 nitrogen and oxygen atoms in total. The number of rotatable bonds is 0. The van der Waals surface area contributed by atoms with Gasteiger partial charge in [0.25, 0.3) is 0 Å². The van der Waals surface area contributed by atoms with Gasteiger partial charge in [-0.25, -0.2) is 0 Å². The van der Waals surface area contributed by atoms with Crippen LogP contribution in [0.3, 0.4) is 0 Å². The fourth-order valence-electron chi connectivity index (χ4n) is 0. The summed E-state index contributed by atoms with van der Waals surface area (Å²) in [7, 11) is 14.2. The third-order valence-electron chi connectivity index (χ3n) is 0. The van der Waals surface area contributed by atoms with Crippen LogP contribution < -0.4 is 0 Å². The van der Waals surface area contributed by atoms with Crippen molar-refractivity contribution in [2.75, 3.05) is 0 Å². The monoisotopic (exact) mass is 330 g/mol. The van der Waals surface area contributed by atoms with Crippen LogP contribution in [0.1, 0.15) is 0 Å². The van der Waals surface area contributed by atoms with Crippen molar-refractivity contribution in [3.05, 3.63) is 0 Å². The van der Waals surface area contributed by atoms with Gasteiger partial charge in [0.15, 0.2) is 0 Å². The quantitative estimate of drug-likeness (QED) is 0.616. The topological polar surface area (TPSA) is 17.1 Å². The molecule has 0 saturated heterocycles. The van der Waals surface area contributed by atoms with E-state index in [0.717, 1.165) is 0 Å². The van der Waals surface area contributed by atoms with Gasteiger partial charge in [0.05, 0.1) is 0 Å². The van der Waals surface area contributed by atoms with Crippen molar-refractivity contribution in [1.82, 2.24) is 0 Å². The van der Waals surface area contributed by atoms with Gasteiger partial charge in [0.2, 0.25) is 0 Å². The molecule has 0 aliphatic rings. The van der Waals surface area contributed by atoms with Crippen molar-refractivity contribution in [3.8, 4) is 0 Å². The first-order valence-electron chi connectivity index (χ1n) is 0.690. The van der Waals surface area contributed by atoms with E-state index in [2.05, 4.69) is 0 Å². The molecule has 5 heavy (non-hydrogen) atoms. The van der Waals surface area contributed by atoms with Crippen LogP contribution >= 0.6 is 25.5 Å². The van der Waals surface area contributed by atoms with Gasteiger partial charge < -0.3 is 0 Å². The van der Waals surface area contributed by atoms with E-state index in [-0.39, 0.29) is 0 Å². The van der Waals surface area contributed by atoms with Crippen molar-refractivity contribution in [2.24, 2.45) is 0 Å². The first-order chi connectivity index (χ1) is 2.00. The van der Waals surface area contributed by atoms with E-state index < -0.39 is 16.7 Å².